The van der Waals surface area contributed by atoms with Crippen molar-refractivity contribution in [3.63, 3.8) is 0 Å². The van der Waals surface area contributed by atoms with Crippen molar-refractivity contribution >= 4 is 33.2 Å². The number of nitrogens with zero attached hydrogens (tertiary/aromatic N) is 1. The Morgan fingerprint density at radius 2 is 1.92 bits per heavy atom. The molecule has 10 heteroatoms. The largest absolute Gasteiger partial charge is 0.462 e. The van der Waals surface area contributed by atoms with Crippen LogP contribution < -0.4 is 10.3 Å². The van der Waals surface area contributed by atoms with Crippen molar-refractivity contribution in [2.45, 2.75) is 25.2 Å². The minimum absolute atomic E-state index is 0.0250. The number of nitrogens with one attached hydrogen (secondary N) is 2. The van der Waals surface area contributed by atoms with E-state index in [1.165, 1.54) is 35.6 Å². The van der Waals surface area contributed by atoms with Crippen molar-refractivity contribution in [1.29, 1.82) is 0 Å². The summed E-state index contributed by atoms with van der Waals surface area (Å²) in [7, 11) is -3.95. The van der Waals surface area contributed by atoms with Crippen molar-refractivity contribution in [2.24, 2.45) is 0 Å². The van der Waals surface area contributed by atoms with E-state index in [1.54, 1.807) is 19.2 Å². The predicted octanol–water partition coefficient (Wildman–Crippen LogP) is 1.18. The van der Waals surface area contributed by atoms with E-state index in [2.05, 4.69) is 10.4 Å². The smallest absolute Gasteiger partial charge is 0.338 e. The van der Waals surface area contributed by atoms with Gasteiger partial charge in [-0.2, -0.15) is 0 Å². The highest BCUT2D eigenvalue weighted by atomic mass is 32.2. The van der Waals surface area contributed by atoms with Gasteiger partial charge >= 0.3 is 5.97 Å². The molecule has 2 aromatic rings. The lowest BCUT2D eigenvalue weighted by atomic mass is 10.2. The average Bonchev–Trinajstić information content (AvgIpc) is 2.98. The maximum Gasteiger partial charge on any atom is 0.338 e. The number of benzene rings is 1. The number of sulfonamides is 1. The first kappa shape index (κ1) is 19.0. The molecule has 0 aliphatic rings. The van der Waals surface area contributed by atoms with Crippen LogP contribution in [0.4, 0.5) is 0 Å². The monoisotopic (exact) mass is 383 g/mol. The third-order valence-electron chi connectivity index (χ3n) is 2.98. The lowest BCUT2D eigenvalue weighted by molar-refractivity contribution is -0.120. The Hall–Kier alpha value is -2.30. The van der Waals surface area contributed by atoms with Crippen LogP contribution in [0.2, 0.25) is 0 Å². The number of carbonyl (C=O) groups excluding carboxylic acids is 2. The number of aryl methyl sites for hydroxylation is 1. The standard InChI is InChI=1S/C15H17N3O5S2/c1-3-23-15(20)11-4-6-12(7-5-11)25(21,22)18-17-13(19)8-14-16-10(2)9-24-14/h4-7,9,18H,3,8H2,1-2H3,(H,17,19). The molecule has 0 saturated heterocycles. The average molecular weight is 383 g/mol. The van der Waals surface area contributed by atoms with Gasteiger partial charge in [0.15, 0.2) is 0 Å². The van der Waals surface area contributed by atoms with Gasteiger partial charge in [0.05, 0.1) is 23.5 Å². The molecule has 0 fully saturated rings. The van der Waals surface area contributed by atoms with E-state index in [9.17, 15) is 18.0 Å². The number of aromatic nitrogens is 1. The number of thiazole rings is 1. The van der Waals surface area contributed by atoms with Crippen molar-refractivity contribution in [1.82, 2.24) is 15.2 Å². The second-order valence-electron chi connectivity index (χ2n) is 4.96. The van der Waals surface area contributed by atoms with E-state index >= 15 is 0 Å². The summed E-state index contributed by atoms with van der Waals surface area (Å²) in [5, 5.41) is 2.39. The first-order chi connectivity index (χ1) is 11.8. The third kappa shape index (κ3) is 5.34. The van der Waals surface area contributed by atoms with Crippen LogP contribution in [0.15, 0.2) is 34.5 Å². The molecule has 0 unspecified atom stereocenters. The molecular formula is C15H17N3O5S2. The van der Waals surface area contributed by atoms with Crippen LogP contribution in [0.3, 0.4) is 0 Å². The summed E-state index contributed by atoms with van der Waals surface area (Å²) in [5.74, 6) is -1.06. The van der Waals surface area contributed by atoms with Crippen LogP contribution in [0, 0.1) is 6.92 Å². The van der Waals surface area contributed by atoms with Gasteiger partial charge in [-0.1, -0.05) is 0 Å². The summed E-state index contributed by atoms with van der Waals surface area (Å²) in [5.41, 5.74) is 3.18. The van der Waals surface area contributed by atoms with Gasteiger partial charge in [-0.05, 0) is 38.1 Å². The summed E-state index contributed by atoms with van der Waals surface area (Å²) in [6, 6.07) is 5.19. The number of hydrazine groups is 1. The minimum atomic E-state index is -3.95. The Balaban J connectivity index is 1.96. The molecule has 0 aliphatic heterocycles. The normalized spacial score (nSPS) is 11.1. The highest BCUT2D eigenvalue weighted by Crippen LogP contribution is 2.11. The summed E-state index contributed by atoms with van der Waals surface area (Å²) in [6.07, 6.45) is -0.0250. The summed E-state index contributed by atoms with van der Waals surface area (Å²) < 4.78 is 29.1. The molecule has 25 heavy (non-hydrogen) atoms. The fourth-order valence-corrected chi connectivity index (χ4v) is 3.46. The molecule has 2 N–H and O–H groups in total. The predicted molar refractivity (Wildman–Crippen MR) is 91.4 cm³/mol. The number of hydrogen-bond acceptors (Lipinski definition) is 7. The maximum atomic E-state index is 12.1. The Morgan fingerprint density at radius 3 is 2.48 bits per heavy atom. The zero-order chi connectivity index (χ0) is 18.4. The lowest BCUT2D eigenvalue weighted by Gasteiger charge is -2.08. The first-order valence-electron chi connectivity index (χ1n) is 7.30. The summed E-state index contributed by atoms with van der Waals surface area (Å²) >= 11 is 1.32. The van der Waals surface area contributed by atoms with Gasteiger partial charge in [-0.3, -0.25) is 10.2 Å². The van der Waals surface area contributed by atoms with Gasteiger partial charge in [0.1, 0.15) is 5.01 Å². The highest BCUT2D eigenvalue weighted by Gasteiger charge is 2.17. The Kier molecular flexibility index (Phi) is 6.23. The molecule has 0 saturated carbocycles. The number of amides is 1. The van der Waals surface area contributed by atoms with E-state index in [1.807, 2.05) is 4.83 Å². The van der Waals surface area contributed by atoms with Gasteiger partial charge in [-0.15, -0.1) is 16.2 Å². The number of rotatable bonds is 7. The molecule has 0 spiro atoms. The van der Waals surface area contributed by atoms with Gasteiger partial charge in [-0.25, -0.2) is 18.2 Å². The third-order valence-corrected chi connectivity index (χ3v) is 5.21. The van der Waals surface area contributed by atoms with Crippen LogP contribution in [0.25, 0.3) is 0 Å². The van der Waals surface area contributed by atoms with Crippen LogP contribution in [-0.2, 0) is 26.0 Å². The van der Waals surface area contributed by atoms with E-state index in [0.717, 1.165) is 5.69 Å². The van der Waals surface area contributed by atoms with Crippen molar-refractivity contribution in [2.75, 3.05) is 6.61 Å². The molecule has 134 valence electrons. The van der Waals surface area contributed by atoms with Crippen LogP contribution in [0.1, 0.15) is 28.0 Å². The van der Waals surface area contributed by atoms with Crippen LogP contribution in [0.5, 0.6) is 0 Å². The number of carbonyl (C=O) groups is 2. The fraction of sp³-hybridized carbons (Fsp3) is 0.267. The van der Waals surface area contributed by atoms with E-state index < -0.39 is 21.9 Å². The molecule has 1 amide bonds. The molecule has 1 aromatic heterocycles. The topological polar surface area (TPSA) is 114 Å². The Bertz CT molecular complexity index is 860. The molecule has 8 nitrogen and oxygen atoms in total. The second kappa shape index (κ2) is 8.19. The van der Waals surface area contributed by atoms with E-state index in [4.69, 9.17) is 4.74 Å². The van der Waals surface area contributed by atoms with E-state index in [-0.39, 0.29) is 23.5 Å². The molecule has 0 radical (unpaired) electrons. The molecule has 2 rings (SSSR count). The van der Waals surface area contributed by atoms with Crippen molar-refractivity contribution in [3.05, 3.63) is 45.9 Å². The Labute approximate surface area is 149 Å². The van der Waals surface area contributed by atoms with Crippen LogP contribution >= 0.6 is 11.3 Å². The zero-order valence-corrected chi connectivity index (χ0v) is 15.2. The Morgan fingerprint density at radius 1 is 1.24 bits per heavy atom. The second-order valence-corrected chi connectivity index (χ2v) is 7.58. The zero-order valence-electron chi connectivity index (χ0n) is 13.6. The molecular weight excluding hydrogens is 366 g/mol. The molecule has 0 atom stereocenters. The molecule has 0 bridgehead atoms. The minimum Gasteiger partial charge on any atom is -0.462 e. The highest BCUT2D eigenvalue weighted by molar-refractivity contribution is 7.89. The van der Waals surface area contributed by atoms with Gasteiger partial charge in [0.25, 0.3) is 10.0 Å². The molecule has 1 heterocycles. The van der Waals surface area contributed by atoms with Gasteiger partial charge < -0.3 is 4.74 Å². The lowest BCUT2D eigenvalue weighted by Crippen LogP contribution is -2.42. The summed E-state index contributed by atoms with van der Waals surface area (Å²) in [6.45, 7) is 3.71. The van der Waals surface area contributed by atoms with Crippen molar-refractivity contribution in [3.8, 4) is 0 Å². The van der Waals surface area contributed by atoms with Crippen molar-refractivity contribution < 1.29 is 22.7 Å². The molecule has 1 aromatic carbocycles. The number of ether oxygens (including phenoxy) is 1. The first-order valence-corrected chi connectivity index (χ1v) is 9.67. The molecule has 0 aliphatic carbocycles. The van der Waals surface area contributed by atoms with E-state index in [0.29, 0.717) is 5.01 Å². The number of hydrogen-bond donors (Lipinski definition) is 2. The van der Waals surface area contributed by atoms with Gasteiger partial charge in [0, 0.05) is 11.1 Å². The SMILES string of the molecule is CCOC(=O)c1ccc(S(=O)(=O)NNC(=O)Cc2nc(C)cs2)cc1. The number of esters is 1. The maximum absolute atomic E-state index is 12.1. The van der Waals surface area contributed by atoms with Crippen LogP contribution in [-0.4, -0.2) is 31.9 Å². The van der Waals surface area contributed by atoms with Gasteiger partial charge in [0.2, 0.25) is 5.91 Å². The quantitative estimate of drug-likeness (QED) is 0.548. The summed E-state index contributed by atoms with van der Waals surface area (Å²) in [4.78, 5) is 29.4. The fourth-order valence-electron chi connectivity index (χ4n) is 1.83.